The molecule has 0 fully saturated rings. The minimum atomic E-state index is -0.860. The van der Waals surface area contributed by atoms with Crippen LogP contribution >= 0.6 is 0 Å². The lowest BCUT2D eigenvalue weighted by Crippen LogP contribution is -2.51. The van der Waals surface area contributed by atoms with E-state index in [9.17, 15) is 4.79 Å². The Hall–Kier alpha value is -1.75. The molecule has 1 aromatic rings. The first-order chi connectivity index (χ1) is 7.89. The van der Waals surface area contributed by atoms with Crippen LogP contribution in [0.2, 0.25) is 0 Å². The summed E-state index contributed by atoms with van der Waals surface area (Å²) < 4.78 is 0. The fourth-order valence-corrected chi connectivity index (χ4v) is 1.96. The van der Waals surface area contributed by atoms with Gasteiger partial charge in [-0.1, -0.05) is 0 Å². The normalized spacial score (nSPS) is 15.9. The number of aryl methyl sites for hydroxylation is 2. The van der Waals surface area contributed by atoms with Gasteiger partial charge >= 0.3 is 5.97 Å². The van der Waals surface area contributed by atoms with Gasteiger partial charge in [-0.05, 0) is 37.1 Å². The number of hydrogen-bond donors (Lipinski definition) is 4. The maximum Gasteiger partial charge on any atom is 0.303 e. The SMILES string of the molecule is Cc1cc2c(cc1C)NC(N)(CCC(=O)O)N2. The smallest absolute Gasteiger partial charge is 0.303 e. The van der Waals surface area contributed by atoms with Gasteiger partial charge < -0.3 is 15.7 Å². The first kappa shape index (κ1) is 11.7. The molecule has 1 heterocycles. The predicted molar refractivity (Wildman–Crippen MR) is 66.9 cm³/mol. The number of carboxylic acid groups (broad SMARTS) is 1. The molecule has 0 unspecified atom stereocenters. The van der Waals surface area contributed by atoms with E-state index >= 15 is 0 Å². The standard InChI is InChI=1S/C12H17N3O2/c1-7-5-9-10(6-8(7)2)15-12(13,14-9)4-3-11(16)17/h5-6,14-15H,3-4,13H2,1-2H3,(H,16,17). The van der Waals surface area contributed by atoms with Crippen molar-refractivity contribution in [1.82, 2.24) is 0 Å². The third-order valence-corrected chi connectivity index (χ3v) is 3.08. The third kappa shape index (κ3) is 2.34. The first-order valence-electron chi connectivity index (χ1n) is 5.58. The Labute approximate surface area is 100 Å². The monoisotopic (exact) mass is 235 g/mol. The van der Waals surface area contributed by atoms with Gasteiger partial charge in [0.1, 0.15) is 0 Å². The van der Waals surface area contributed by atoms with Crippen molar-refractivity contribution in [3.63, 3.8) is 0 Å². The van der Waals surface area contributed by atoms with E-state index in [1.807, 2.05) is 26.0 Å². The van der Waals surface area contributed by atoms with E-state index in [1.54, 1.807) is 0 Å². The maximum atomic E-state index is 10.6. The quantitative estimate of drug-likeness (QED) is 0.639. The summed E-state index contributed by atoms with van der Waals surface area (Å²) in [5, 5.41) is 15.0. The van der Waals surface area contributed by atoms with Crippen LogP contribution in [0, 0.1) is 13.8 Å². The van der Waals surface area contributed by atoms with Crippen LogP contribution in [0.5, 0.6) is 0 Å². The van der Waals surface area contributed by atoms with E-state index in [4.69, 9.17) is 10.8 Å². The molecule has 2 rings (SSSR count). The summed E-state index contributed by atoms with van der Waals surface area (Å²) in [6.45, 7) is 4.07. The van der Waals surface area contributed by atoms with Crippen molar-refractivity contribution >= 4 is 17.3 Å². The van der Waals surface area contributed by atoms with Crippen LogP contribution in [0.3, 0.4) is 0 Å². The highest BCUT2D eigenvalue weighted by atomic mass is 16.4. The van der Waals surface area contributed by atoms with Crippen molar-refractivity contribution in [1.29, 1.82) is 0 Å². The number of nitrogens with one attached hydrogen (secondary N) is 2. The summed E-state index contributed by atoms with van der Waals surface area (Å²) in [5.41, 5.74) is 10.3. The highest BCUT2D eigenvalue weighted by molar-refractivity contribution is 5.78. The second-order valence-corrected chi connectivity index (χ2v) is 4.60. The highest BCUT2D eigenvalue weighted by Gasteiger charge is 2.32. The largest absolute Gasteiger partial charge is 0.481 e. The highest BCUT2D eigenvalue weighted by Crippen LogP contribution is 2.35. The van der Waals surface area contributed by atoms with Gasteiger partial charge in [-0.25, -0.2) is 0 Å². The predicted octanol–water partition coefficient (Wildman–Crippen LogP) is 1.62. The number of aliphatic carboxylic acids is 1. The van der Waals surface area contributed by atoms with Gasteiger partial charge in [0.2, 0.25) is 0 Å². The van der Waals surface area contributed by atoms with Crippen LogP contribution in [-0.4, -0.2) is 16.9 Å². The average Bonchev–Trinajstić information content (AvgIpc) is 2.53. The van der Waals surface area contributed by atoms with Crippen molar-refractivity contribution in [2.75, 3.05) is 10.6 Å². The zero-order valence-corrected chi connectivity index (χ0v) is 10.0. The van der Waals surface area contributed by atoms with Gasteiger partial charge in [0, 0.05) is 6.42 Å². The summed E-state index contributed by atoms with van der Waals surface area (Å²) in [4.78, 5) is 10.6. The second kappa shape index (κ2) is 3.92. The Bertz CT molecular complexity index is 440. The third-order valence-electron chi connectivity index (χ3n) is 3.08. The molecule has 1 aliphatic heterocycles. The van der Waals surface area contributed by atoms with Crippen molar-refractivity contribution in [3.8, 4) is 0 Å². The van der Waals surface area contributed by atoms with E-state index in [2.05, 4.69) is 10.6 Å². The molecule has 0 aromatic heterocycles. The Morgan fingerprint density at radius 3 is 2.18 bits per heavy atom. The molecule has 17 heavy (non-hydrogen) atoms. The summed E-state index contributed by atoms with van der Waals surface area (Å²) >= 11 is 0. The molecule has 1 aliphatic rings. The number of nitrogens with two attached hydrogens (primary N) is 1. The van der Waals surface area contributed by atoms with Gasteiger partial charge in [0.25, 0.3) is 0 Å². The Morgan fingerprint density at radius 1 is 1.29 bits per heavy atom. The van der Waals surface area contributed by atoms with Gasteiger partial charge in [-0.2, -0.15) is 0 Å². The number of fused-ring (bicyclic) bond motifs is 1. The molecule has 0 atom stereocenters. The van der Waals surface area contributed by atoms with E-state index in [0.717, 1.165) is 11.4 Å². The summed E-state index contributed by atoms with van der Waals surface area (Å²) in [5.74, 6) is -1.71. The Morgan fingerprint density at radius 2 is 1.76 bits per heavy atom. The molecule has 0 aliphatic carbocycles. The second-order valence-electron chi connectivity index (χ2n) is 4.60. The lowest BCUT2D eigenvalue weighted by molar-refractivity contribution is -0.137. The fourth-order valence-electron chi connectivity index (χ4n) is 1.96. The maximum absolute atomic E-state index is 10.6. The summed E-state index contributed by atoms with van der Waals surface area (Å²) in [7, 11) is 0. The van der Waals surface area contributed by atoms with Crippen molar-refractivity contribution in [3.05, 3.63) is 23.3 Å². The first-order valence-corrected chi connectivity index (χ1v) is 5.58. The number of carboxylic acids is 1. The molecule has 0 bridgehead atoms. The Kier molecular flexibility index (Phi) is 2.71. The van der Waals surface area contributed by atoms with Crippen molar-refractivity contribution in [2.45, 2.75) is 32.5 Å². The molecule has 5 N–H and O–H groups in total. The molecular formula is C12H17N3O2. The molecule has 0 saturated carbocycles. The minimum Gasteiger partial charge on any atom is -0.481 e. The van der Waals surface area contributed by atoms with Crippen LogP contribution in [0.15, 0.2) is 12.1 Å². The molecule has 0 spiro atoms. The zero-order chi connectivity index (χ0) is 12.6. The van der Waals surface area contributed by atoms with Gasteiger partial charge in [0.15, 0.2) is 5.79 Å². The molecule has 0 radical (unpaired) electrons. The van der Waals surface area contributed by atoms with Crippen molar-refractivity contribution in [2.24, 2.45) is 5.73 Å². The molecule has 5 heteroatoms. The summed E-state index contributed by atoms with van der Waals surface area (Å²) in [6, 6.07) is 4.04. The lowest BCUT2D eigenvalue weighted by Gasteiger charge is -2.24. The van der Waals surface area contributed by atoms with Crippen LogP contribution in [-0.2, 0) is 4.79 Å². The van der Waals surface area contributed by atoms with Crippen LogP contribution in [0.25, 0.3) is 0 Å². The number of rotatable bonds is 3. The van der Waals surface area contributed by atoms with E-state index in [0.29, 0.717) is 6.42 Å². The van der Waals surface area contributed by atoms with E-state index < -0.39 is 11.8 Å². The fraction of sp³-hybridized carbons (Fsp3) is 0.417. The number of anilines is 2. The zero-order valence-electron chi connectivity index (χ0n) is 10.0. The van der Waals surface area contributed by atoms with Crippen LogP contribution in [0.4, 0.5) is 11.4 Å². The van der Waals surface area contributed by atoms with E-state index in [-0.39, 0.29) is 6.42 Å². The summed E-state index contributed by atoms with van der Waals surface area (Å²) in [6.07, 6.45) is 0.359. The van der Waals surface area contributed by atoms with Crippen LogP contribution in [0.1, 0.15) is 24.0 Å². The number of carbonyl (C=O) groups is 1. The lowest BCUT2D eigenvalue weighted by atomic mass is 10.1. The molecule has 92 valence electrons. The van der Waals surface area contributed by atoms with Gasteiger partial charge in [-0.15, -0.1) is 0 Å². The van der Waals surface area contributed by atoms with Crippen LogP contribution < -0.4 is 16.4 Å². The molecule has 0 amide bonds. The Balaban J connectivity index is 2.17. The van der Waals surface area contributed by atoms with Gasteiger partial charge in [0.05, 0.1) is 17.8 Å². The number of hydrogen-bond acceptors (Lipinski definition) is 4. The van der Waals surface area contributed by atoms with Crippen molar-refractivity contribution < 1.29 is 9.90 Å². The number of benzene rings is 1. The molecular weight excluding hydrogens is 218 g/mol. The topological polar surface area (TPSA) is 87.4 Å². The minimum absolute atomic E-state index is 0.0302. The average molecular weight is 235 g/mol. The molecule has 1 aromatic carbocycles. The molecule has 0 saturated heterocycles. The van der Waals surface area contributed by atoms with Gasteiger partial charge in [-0.3, -0.25) is 10.5 Å². The molecule has 5 nitrogen and oxygen atoms in total. The van der Waals surface area contributed by atoms with E-state index in [1.165, 1.54) is 11.1 Å².